The number of aromatic nitrogens is 1. The number of primary amides is 1. The van der Waals surface area contributed by atoms with Gasteiger partial charge in [0.15, 0.2) is 0 Å². The van der Waals surface area contributed by atoms with Crippen molar-refractivity contribution in [3.05, 3.63) is 29.1 Å². The first-order valence-electron chi connectivity index (χ1n) is 3.93. The van der Waals surface area contributed by atoms with Crippen LogP contribution in [-0.4, -0.2) is 10.9 Å². The summed E-state index contributed by atoms with van der Waals surface area (Å²) in [4.78, 5) is 13.9. The van der Waals surface area contributed by atoms with Crippen molar-refractivity contribution in [2.45, 2.75) is 12.7 Å². The van der Waals surface area contributed by atoms with Crippen LogP contribution in [0.2, 0.25) is 0 Å². The van der Waals surface area contributed by atoms with E-state index >= 15 is 0 Å². The van der Waals surface area contributed by atoms with Crippen LogP contribution < -0.4 is 11.5 Å². The van der Waals surface area contributed by atoms with Gasteiger partial charge in [-0.1, -0.05) is 6.07 Å². The Hall–Kier alpha value is -1.63. The minimum atomic E-state index is -4.60. The summed E-state index contributed by atoms with van der Waals surface area (Å²) >= 11 is 0. The van der Waals surface area contributed by atoms with Gasteiger partial charge in [-0.3, -0.25) is 4.79 Å². The third-order valence-electron chi connectivity index (χ3n) is 1.72. The molecule has 0 spiro atoms. The molecule has 0 aromatic carbocycles. The quantitative estimate of drug-likeness (QED) is 0.766. The van der Waals surface area contributed by atoms with E-state index in [1.54, 1.807) is 0 Å². The third-order valence-corrected chi connectivity index (χ3v) is 1.72. The zero-order chi connectivity index (χ0) is 11.6. The standard InChI is InChI=1S/C8H8F3N3O/c9-8(10,11)5-2-1-4(3-12)6(14-5)7(13)15/h1-2H,3,12H2,(H2,13,15). The molecule has 1 amide bonds. The number of nitrogens with zero attached hydrogens (tertiary/aromatic N) is 1. The second-order valence-electron chi connectivity index (χ2n) is 2.77. The van der Waals surface area contributed by atoms with Gasteiger partial charge in [-0.05, 0) is 11.6 Å². The monoisotopic (exact) mass is 219 g/mol. The Morgan fingerprint density at radius 2 is 2.00 bits per heavy atom. The van der Waals surface area contributed by atoms with Crippen molar-refractivity contribution in [2.24, 2.45) is 11.5 Å². The van der Waals surface area contributed by atoms with Gasteiger partial charge in [0, 0.05) is 6.54 Å². The Bertz CT molecular complexity index is 389. The Balaban J connectivity index is 3.28. The maximum Gasteiger partial charge on any atom is 0.433 e. The molecular formula is C8H8F3N3O. The van der Waals surface area contributed by atoms with E-state index in [0.717, 1.165) is 12.1 Å². The van der Waals surface area contributed by atoms with E-state index in [-0.39, 0.29) is 12.1 Å². The number of hydrogen-bond acceptors (Lipinski definition) is 3. The predicted molar refractivity (Wildman–Crippen MR) is 45.6 cm³/mol. The number of amides is 1. The number of nitrogens with two attached hydrogens (primary N) is 2. The first kappa shape index (κ1) is 11.4. The Labute approximate surface area is 83.1 Å². The van der Waals surface area contributed by atoms with Gasteiger partial charge >= 0.3 is 6.18 Å². The topological polar surface area (TPSA) is 82.0 Å². The number of alkyl halides is 3. The van der Waals surface area contributed by atoms with Crippen LogP contribution in [0.15, 0.2) is 12.1 Å². The van der Waals surface area contributed by atoms with Gasteiger partial charge in [0.25, 0.3) is 5.91 Å². The summed E-state index contributed by atoms with van der Waals surface area (Å²) in [5.41, 5.74) is 8.69. The molecule has 1 heterocycles. The van der Waals surface area contributed by atoms with Gasteiger partial charge in [0.2, 0.25) is 0 Å². The fraction of sp³-hybridized carbons (Fsp3) is 0.250. The van der Waals surface area contributed by atoms with Crippen molar-refractivity contribution in [1.29, 1.82) is 0 Å². The van der Waals surface area contributed by atoms with Crippen LogP contribution >= 0.6 is 0 Å². The molecule has 0 bridgehead atoms. The Morgan fingerprint density at radius 3 is 2.40 bits per heavy atom. The van der Waals surface area contributed by atoms with Crippen molar-refractivity contribution < 1.29 is 18.0 Å². The van der Waals surface area contributed by atoms with Crippen molar-refractivity contribution in [3.8, 4) is 0 Å². The highest BCUT2D eigenvalue weighted by atomic mass is 19.4. The average molecular weight is 219 g/mol. The zero-order valence-electron chi connectivity index (χ0n) is 7.51. The van der Waals surface area contributed by atoms with Crippen molar-refractivity contribution in [2.75, 3.05) is 0 Å². The van der Waals surface area contributed by atoms with E-state index in [2.05, 4.69) is 4.98 Å². The van der Waals surface area contributed by atoms with Crippen LogP contribution in [0, 0.1) is 0 Å². The molecule has 1 aromatic heterocycles. The van der Waals surface area contributed by atoms with Gasteiger partial charge < -0.3 is 11.5 Å². The normalized spacial score (nSPS) is 11.5. The van der Waals surface area contributed by atoms with Crippen LogP contribution in [0.3, 0.4) is 0 Å². The zero-order valence-corrected chi connectivity index (χ0v) is 7.51. The summed E-state index contributed by atoms with van der Waals surface area (Å²) in [5.74, 6) is -1.03. The molecule has 1 rings (SSSR count). The summed E-state index contributed by atoms with van der Waals surface area (Å²) in [6.45, 7) is -0.0938. The average Bonchev–Trinajstić information content (AvgIpc) is 2.15. The Kier molecular flexibility index (Phi) is 2.94. The van der Waals surface area contributed by atoms with Gasteiger partial charge in [0.1, 0.15) is 11.4 Å². The molecule has 0 atom stereocenters. The molecule has 7 heteroatoms. The molecular weight excluding hydrogens is 211 g/mol. The summed E-state index contributed by atoms with van der Waals surface area (Å²) in [7, 11) is 0. The van der Waals surface area contributed by atoms with Crippen LogP contribution in [0.25, 0.3) is 0 Å². The molecule has 82 valence electrons. The first-order chi connectivity index (χ1) is 6.86. The molecule has 0 saturated carbocycles. The van der Waals surface area contributed by atoms with Crippen molar-refractivity contribution in [3.63, 3.8) is 0 Å². The SMILES string of the molecule is NCc1ccc(C(F)(F)F)nc1C(N)=O. The van der Waals surface area contributed by atoms with Crippen molar-refractivity contribution in [1.82, 2.24) is 4.98 Å². The van der Waals surface area contributed by atoms with Gasteiger partial charge in [0.05, 0.1) is 0 Å². The third kappa shape index (κ3) is 2.44. The summed E-state index contributed by atoms with van der Waals surface area (Å²) in [5, 5.41) is 0. The summed E-state index contributed by atoms with van der Waals surface area (Å²) in [6, 6.07) is 1.85. The van der Waals surface area contributed by atoms with Gasteiger partial charge in [-0.25, -0.2) is 4.98 Å². The number of rotatable bonds is 2. The Morgan fingerprint density at radius 1 is 1.40 bits per heavy atom. The fourth-order valence-electron chi connectivity index (χ4n) is 1.02. The summed E-state index contributed by atoms with van der Waals surface area (Å²) in [6.07, 6.45) is -4.60. The van der Waals surface area contributed by atoms with Crippen molar-refractivity contribution >= 4 is 5.91 Å². The largest absolute Gasteiger partial charge is 0.433 e. The lowest BCUT2D eigenvalue weighted by molar-refractivity contribution is -0.141. The molecule has 0 aliphatic carbocycles. The second kappa shape index (κ2) is 3.85. The lowest BCUT2D eigenvalue weighted by Crippen LogP contribution is -2.20. The van der Waals surface area contributed by atoms with Crippen LogP contribution in [0.5, 0.6) is 0 Å². The second-order valence-corrected chi connectivity index (χ2v) is 2.77. The molecule has 15 heavy (non-hydrogen) atoms. The molecule has 0 aliphatic rings. The van der Waals surface area contributed by atoms with Crippen LogP contribution in [0.4, 0.5) is 13.2 Å². The number of hydrogen-bond donors (Lipinski definition) is 2. The van der Waals surface area contributed by atoms with E-state index in [4.69, 9.17) is 11.5 Å². The maximum absolute atomic E-state index is 12.2. The van der Waals surface area contributed by atoms with Crippen LogP contribution in [-0.2, 0) is 12.7 Å². The predicted octanol–water partition coefficient (Wildman–Crippen LogP) is 0.658. The highest BCUT2D eigenvalue weighted by Gasteiger charge is 2.33. The van der Waals surface area contributed by atoms with Gasteiger partial charge in [-0.2, -0.15) is 13.2 Å². The minimum Gasteiger partial charge on any atom is -0.364 e. The lowest BCUT2D eigenvalue weighted by atomic mass is 10.1. The van der Waals surface area contributed by atoms with Gasteiger partial charge in [-0.15, -0.1) is 0 Å². The molecule has 0 aliphatic heterocycles. The van der Waals surface area contributed by atoms with E-state index in [1.807, 2.05) is 0 Å². The fourth-order valence-corrected chi connectivity index (χ4v) is 1.02. The highest BCUT2D eigenvalue weighted by Crippen LogP contribution is 2.28. The van der Waals surface area contributed by atoms with E-state index < -0.39 is 23.5 Å². The number of carbonyl (C=O) groups is 1. The van der Waals surface area contributed by atoms with E-state index in [1.165, 1.54) is 0 Å². The molecule has 4 N–H and O–H groups in total. The molecule has 0 saturated heterocycles. The molecule has 0 radical (unpaired) electrons. The number of halogens is 3. The highest BCUT2D eigenvalue weighted by molar-refractivity contribution is 5.92. The minimum absolute atomic E-state index is 0.0938. The number of pyridine rings is 1. The smallest absolute Gasteiger partial charge is 0.364 e. The molecule has 0 fully saturated rings. The summed E-state index contributed by atoms with van der Waals surface area (Å²) < 4.78 is 36.7. The maximum atomic E-state index is 12.2. The molecule has 1 aromatic rings. The number of carbonyl (C=O) groups excluding carboxylic acids is 1. The lowest BCUT2D eigenvalue weighted by Gasteiger charge is -2.09. The van der Waals surface area contributed by atoms with Crippen LogP contribution in [0.1, 0.15) is 21.7 Å². The first-order valence-corrected chi connectivity index (χ1v) is 3.93. The molecule has 4 nitrogen and oxygen atoms in total. The molecule has 0 unspecified atom stereocenters. The van der Waals surface area contributed by atoms with E-state index in [0.29, 0.717) is 0 Å². The van der Waals surface area contributed by atoms with E-state index in [9.17, 15) is 18.0 Å².